The Hall–Kier alpha value is -0.590. The van der Waals surface area contributed by atoms with E-state index in [4.69, 9.17) is 5.26 Å². The van der Waals surface area contributed by atoms with Gasteiger partial charge in [-0.2, -0.15) is 5.26 Å². The van der Waals surface area contributed by atoms with E-state index < -0.39 is 0 Å². The number of hydrogen-bond donors (Lipinski definition) is 1. The van der Waals surface area contributed by atoms with Crippen molar-refractivity contribution >= 4 is 0 Å². The Morgan fingerprint density at radius 1 is 1.33 bits per heavy atom. The van der Waals surface area contributed by atoms with Crippen molar-refractivity contribution in [2.45, 2.75) is 32.1 Å². The molecule has 1 aliphatic heterocycles. The highest BCUT2D eigenvalue weighted by Gasteiger charge is 2.14. The van der Waals surface area contributed by atoms with Crippen LogP contribution in [0.1, 0.15) is 32.1 Å². The van der Waals surface area contributed by atoms with Crippen molar-refractivity contribution in [1.29, 1.82) is 5.26 Å². The van der Waals surface area contributed by atoms with E-state index in [2.05, 4.69) is 23.3 Å². The second-order valence-corrected chi connectivity index (χ2v) is 4.57. The van der Waals surface area contributed by atoms with Gasteiger partial charge in [0.2, 0.25) is 0 Å². The summed E-state index contributed by atoms with van der Waals surface area (Å²) >= 11 is 0. The number of rotatable bonds is 6. The standard InChI is InChI=1S/C12H23N3/c1-15(10-4-2-3-7-13)11-12-5-8-14-9-6-12/h12,14H,2-6,8-11H2,1H3. The van der Waals surface area contributed by atoms with Gasteiger partial charge in [0, 0.05) is 13.0 Å². The summed E-state index contributed by atoms with van der Waals surface area (Å²) in [6.07, 6.45) is 5.56. The van der Waals surface area contributed by atoms with Crippen molar-refractivity contribution in [2.24, 2.45) is 5.92 Å². The van der Waals surface area contributed by atoms with Gasteiger partial charge in [-0.25, -0.2) is 0 Å². The predicted octanol–water partition coefficient (Wildman–Crippen LogP) is 1.61. The number of nitrogens with zero attached hydrogens (tertiary/aromatic N) is 2. The average Bonchev–Trinajstić information content (AvgIpc) is 2.26. The predicted molar refractivity (Wildman–Crippen MR) is 62.6 cm³/mol. The first-order chi connectivity index (χ1) is 7.33. The fourth-order valence-corrected chi connectivity index (χ4v) is 2.18. The van der Waals surface area contributed by atoms with Crippen LogP contribution in [0.4, 0.5) is 0 Å². The lowest BCUT2D eigenvalue weighted by molar-refractivity contribution is 0.237. The van der Waals surface area contributed by atoms with Crippen molar-refractivity contribution in [1.82, 2.24) is 10.2 Å². The molecule has 1 rings (SSSR count). The molecule has 0 radical (unpaired) electrons. The Morgan fingerprint density at radius 3 is 2.73 bits per heavy atom. The van der Waals surface area contributed by atoms with Gasteiger partial charge in [-0.3, -0.25) is 0 Å². The fraction of sp³-hybridized carbons (Fsp3) is 0.917. The quantitative estimate of drug-likeness (QED) is 0.676. The van der Waals surface area contributed by atoms with Gasteiger partial charge in [-0.05, 0) is 58.3 Å². The zero-order chi connectivity index (χ0) is 10.9. The van der Waals surface area contributed by atoms with Crippen molar-refractivity contribution < 1.29 is 0 Å². The molecule has 0 unspecified atom stereocenters. The first-order valence-corrected chi connectivity index (χ1v) is 6.09. The Balaban J connectivity index is 2.01. The van der Waals surface area contributed by atoms with E-state index in [0.29, 0.717) is 6.42 Å². The second-order valence-electron chi connectivity index (χ2n) is 4.57. The Kier molecular flexibility index (Phi) is 6.38. The summed E-state index contributed by atoms with van der Waals surface area (Å²) < 4.78 is 0. The van der Waals surface area contributed by atoms with Gasteiger partial charge in [0.1, 0.15) is 0 Å². The molecule has 86 valence electrons. The van der Waals surface area contributed by atoms with Crippen molar-refractivity contribution in [3.05, 3.63) is 0 Å². The molecule has 0 bridgehead atoms. The first kappa shape index (κ1) is 12.5. The van der Waals surface area contributed by atoms with Gasteiger partial charge < -0.3 is 10.2 Å². The maximum absolute atomic E-state index is 8.42. The highest BCUT2D eigenvalue weighted by atomic mass is 15.1. The SMILES string of the molecule is CN(CCCCC#N)CC1CCNCC1. The molecule has 0 aromatic carbocycles. The Morgan fingerprint density at radius 2 is 2.07 bits per heavy atom. The molecule has 0 aromatic rings. The molecule has 0 atom stereocenters. The molecule has 1 N–H and O–H groups in total. The monoisotopic (exact) mass is 209 g/mol. The van der Waals surface area contributed by atoms with Gasteiger partial charge in [0.05, 0.1) is 6.07 Å². The number of nitrogens with one attached hydrogen (secondary N) is 1. The first-order valence-electron chi connectivity index (χ1n) is 6.09. The molecule has 3 heteroatoms. The number of piperidine rings is 1. The van der Waals surface area contributed by atoms with Gasteiger partial charge in [-0.15, -0.1) is 0 Å². The van der Waals surface area contributed by atoms with Crippen LogP contribution < -0.4 is 5.32 Å². The van der Waals surface area contributed by atoms with Crippen molar-refractivity contribution in [3.63, 3.8) is 0 Å². The molecule has 1 saturated heterocycles. The van der Waals surface area contributed by atoms with Gasteiger partial charge >= 0.3 is 0 Å². The van der Waals surface area contributed by atoms with Gasteiger partial charge in [-0.1, -0.05) is 0 Å². The minimum absolute atomic E-state index is 0.710. The molecule has 1 aliphatic rings. The minimum atomic E-state index is 0.710. The van der Waals surface area contributed by atoms with E-state index in [1.54, 1.807) is 0 Å². The summed E-state index contributed by atoms with van der Waals surface area (Å²) in [5.74, 6) is 0.882. The van der Waals surface area contributed by atoms with Crippen LogP contribution in [0.5, 0.6) is 0 Å². The normalized spacial score (nSPS) is 17.9. The number of nitriles is 1. The molecule has 0 aromatic heterocycles. The third-order valence-electron chi connectivity index (χ3n) is 3.11. The van der Waals surface area contributed by atoms with Crippen LogP contribution in [-0.4, -0.2) is 38.1 Å². The van der Waals surface area contributed by atoms with Crippen LogP contribution in [0, 0.1) is 17.2 Å². The summed E-state index contributed by atoms with van der Waals surface area (Å²) in [4.78, 5) is 2.42. The summed E-state index contributed by atoms with van der Waals surface area (Å²) in [5.41, 5.74) is 0. The molecular weight excluding hydrogens is 186 g/mol. The lowest BCUT2D eigenvalue weighted by atomic mass is 9.97. The smallest absolute Gasteiger partial charge is 0.0621 e. The van der Waals surface area contributed by atoms with Crippen LogP contribution in [0.3, 0.4) is 0 Å². The van der Waals surface area contributed by atoms with E-state index in [1.807, 2.05) is 0 Å². The van der Waals surface area contributed by atoms with Crippen LogP contribution in [0.15, 0.2) is 0 Å². The van der Waals surface area contributed by atoms with E-state index in [9.17, 15) is 0 Å². The van der Waals surface area contributed by atoms with Gasteiger partial charge in [0.25, 0.3) is 0 Å². The van der Waals surface area contributed by atoms with Crippen LogP contribution in [0.2, 0.25) is 0 Å². The van der Waals surface area contributed by atoms with Crippen LogP contribution in [0.25, 0.3) is 0 Å². The number of hydrogen-bond acceptors (Lipinski definition) is 3. The topological polar surface area (TPSA) is 39.1 Å². The summed E-state index contributed by atoms with van der Waals surface area (Å²) in [6.45, 7) is 4.75. The lowest BCUT2D eigenvalue weighted by Crippen LogP contribution is -2.34. The van der Waals surface area contributed by atoms with Crippen LogP contribution >= 0.6 is 0 Å². The molecule has 1 heterocycles. The van der Waals surface area contributed by atoms with Crippen molar-refractivity contribution in [2.75, 3.05) is 33.2 Å². The van der Waals surface area contributed by atoms with Crippen molar-refractivity contribution in [3.8, 4) is 6.07 Å². The fourth-order valence-electron chi connectivity index (χ4n) is 2.18. The minimum Gasteiger partial charge on any atom is -0.317 e. The molecule has 0 spiro atoms. The van der Waals surface area contributed by atoms with E-state index >= 15 is 0 Å². The highest BCUT2D eigenvalue weighted by molar-refractivity contribution is 4.72. The molecule has 0 saturated carbocycles. The van der Waals surface area contributed by atoms with E-state index in [0.717, 1.165) is 25.3 Å². The highest BCUT2D eigenvalue weighted by Crippen LogP contribution is 2.12. The Bertz CT molecular complexity index is 192. The molecule has 3 nitrogen and oxygen atoms in total. The summed E-state index contributed by atoms with van der Waals surface area (Å²) in [7, 11) is 2.20. The third kappa shape index (κ3) is 5.76. The molecule has 0 amide bonds. The molecule has 1 fully saturated rings. The molecule has 0 aliphatic carbocycles. The number of unbranched alkanes of at least 4 members (excludes halogenated alkanes) is 2. The zero-order valence-corrected chi connectivity index (χ0v) is 9.84. The third-order valence-corrected chi connectivity index (χ3v) is 3.11. The zero-order valence-electron chi connectivity index (χ0n) is 9.84. The van der Waals surface area contributed by atoms with E-state index in [1.165, 1.54) is 32.5 Å². The van der Waals surface area contributed by atoms with Gasteiger partial charge in [0.15, 0.2) is 0 Å². The average molecular weight is 209 g/mol. The van der Waals surface area contributed by atoms with E-state index in [-0.39, 0.29) is 0 Å². The maximum atomic E-state index is 8.42. The molecule has 15 heavy (non-hydrogen) atoms. The lowest BCUT2D eigenvalue weighted by Gasteiger charge is -2.27. The molecular formula is C12H23N3. The van der Waals surface area contributed by atoms with Crippen LogP contribution in [-0.2, 0) is 0 Å². The summed E-state index contributed by atoms with van der Waals surface area (Å²) in [5, 5.41) is 11.8. The second kappa shape index (κ2) is 7.67. The largest absolute Gasteiger partial charge is 0.317 e. The maximum Gasteiger partial charge on any atom is 0.0621 e. The summed E-state index contributed by atoms with van der Waals surface area (Å²) in [6, 6.07) is 2.20. The Labute approximate surface area is 93.5 Å².